The van der Waals surface area contributed by atoms with Gasteiger partial charge in [0.15, 0.2) is 0 Å². The Hall–Kier alpha value is -4.10. The van der Waals surface area contributed by atoms with Crippen molar-refractivity contribution in [1.29, 1.82) is 0 Å². The molecule has 0 heterocycles. The molecule has 6 unspecified atom stereocenters. The number of hydrogen-bond acceptors (Lipinski definition) is 1. The maximum atomic E-state index is 2.54. The molecule has 0 aromatic heterocycles. The highest BCUT2D eigenvalue weighted by atomic mass is 15.1. The van der Waals surface area contributed by atoms with Crippen LogP contribution in [0.5, 0.6) is 0 Å². The molecule has 11 rings (SSSR count). The molecule has 5 aromatic rings. The van der Waals surface area contributed by atoms with Gasteiger partial charge >= 0.3 is 0 Å². The number of anilines is 3. The van der Waals surface area contributed by atoms with E-state index < -0.39 is 0 Å². The number of fused-ring (bicyclic) bond motifs is 9. The number of nitrogens with zero attached hydrogens (tertiary/aromatic N) is 1. The van der Waals surface area contributed by atoms with Crippen molar-refractivity contribution in [3.63, 3.8) is 0 Å². The topological polar surface area (TPSA) is 3.24 Å². The Morgan fingerprint density at radius 2 is 1.22 bits per heavy atom. The first-order chi connectivity index (χ1) is 23.7. The number of benzene rings is 5. The van der Waals surface area contributed by atoms with E-state index in [1.54, 1.807) is 11.1 Å². The van der Waals surface area contributed by atoms with Gasteiger partial charge in [-0.25, -0.2) is 0 Å². The minimum absolute atomic E-state index is 0.199. The molecule has 2 spiro atoms. The van der Waals surface area contributed by atoms with Gasteiger partial charge < -0.3 is 4.90 Å². The van der Waals surface area contributed by atoms with Gasteiger partial charge in [0.1, 0.15) is 0 Å². The number of hydrogen-bond donors (Lipinski definition) is 0. The van der Waals surface area contributed by atoms with E-state index >= 15 is 0 Å². The lowest BCUT2D eigenvalue weighted by molar-refractivity contribution is -0.231. The largest absolute Gasteiger partial charge is 0.310 e. The highest BCUT2D eigenvalue weighted by Crippen LogP contribution is 2.89. The van der Waals surface area contributed by atoms with Crippen molar-refractivity contribution in [3.8, 4) is 22.3 Å². The summed E-state index contributed by atoms with van der Waals surface area (Å²) in [7, 11) is 0. The summed E-state index contributed by atoms with van der Waals surface area (Å²) in [6.45, 7) is 9.68. The maximum Gasteiger partial charge on any atom is 0.0543 e. The van der Waals surface area contributed by atoms with Crippen LogP contribution < -0.4 is 4.90 Å². The molecular weight excluding hydrogens is 591 g/mol. The minimum Gasteiger partial charge on any atom is -0.310 e. The third-order valence-electron chi connectivity index (χ3n) is 15.2. The SMILES string of the molecule is CC1(C)CCC(C)(C)c2cc(-c3ccc(N(c4ccccc4)c4cccc5c4-c4ccccc4C54C5CC6CC7CC4C75C6)cc3)ccc21. The first-order valence-electron chi connectivity index (χ1n) is 19.1. The second-order valence-electron chi connectivity index (χ2n) is 18.1. The molecular formula is C48H47N. The minimum atomic E-state index is 0.199. The van der Waals surface area contributed by atoms with Crippen LogP contribution in [-0.4, -0.2) is 0 Å². The van der Waals surface area contributed by atoms with E-state index in [1.165, 1.54) is 89.0 Å². The van der Waals surface area contributed by atoms with Crippen LogP contribution in [0.25, 0.3) is 22.3 Å². The van der Waals surface area contributed by atoms with E-state index in [4.69, 9.17) is 0 Å². The zero-order valence-electron chi connectivity index (χ0n) is 29.5. The van der Waals surface area contributed by atoms with Crippen LogP contribution in [0.1, 0.15) is 88.5 Å². The van der Waals surface area contributed by atoms with E-state index in [-0.39, 0.29) is 16.2 Å². The average molecular weight is 638 g/mol. The molecule has 4 saturated carbocycles. The fourth-order valence-corrected chi connectivity index (χ4v) is 13.1. The molecule has 6 aliphatic rings. The van der Waals surface area contributed by atoms with Gasteiger partial charge in [-0.2, -0.15) is 0 Å². The zero-order chi connectivity index (χ0) is 32.9. The molecule has 6 aliphatic carbocycles. The summed E-state index contributed by atoms with van der Waals surface area (Å²) < 4.78 is 0. The summed E-state index contributed by atoms with van der Waals surface area (Å²) in [6, 6.07) is 44.6. The Labute approximate surface area is 292 Å². The van der Waals surface area contributed by atoms with Gasteiger partial charge in [0.2, 0.25) is 0 Å². The molecule has 5 aromatic carbocycles. The first kappa shape index (κ1) is 28.7. The maximum absolute atomic E-state index is 2.54. The average Bonchev–Trinajstić information content (AvgIpc) is 3.75. The number of para-hydroxylation sites is 1. The standard InChI is InChI=1S/C48H47N/c1-45(2)23-24-46(3,4)40-27-32(19-22-38(40)45)31-17-20-35(21-18-31)49(34-11-6-5-7-12-34)41-16-10-15-39-44(41)36-13-8-9-14-37(36)48(39)42-26-30-25-33-28-43(48)47(33,42)29-30/h5-22,27,30,33,42-43H,23-26,28-29H2,1-4H3. The lowest BCUT2D eigenvalue weighted by Gasteiger charge is -2.76. The summed E-state index contributed by atoms with van der Waals surface area (Å²) in [6.07, 6.45) is 8.37. The summed E-state index contributed by atoms with van der Waals surface area (Å²) in [5.41, 5.74) is 16.9. The molecule has 0 N–H and O–H groups in total. The summed E-state index contributed by atoms with van der Waals surface area (Å²) in [4.78, 5) is 2.54. The molecule has 6 atom stereocenters. The first-order valence-corrected chi connectivity index (χ1v) is 19.1. The van der Waals surface area contributed by atoms with Gasteiger partial charge in [0.25, 0.3) is 0 Å². The van der Waals surface area contributed by atoms with Gasteiger partial charge in [0.05, 0.1) is 5.69 Å². The van der Waals surface area contributed by atoms with Gasteiger partial charge in [-0.05, 0) is 148 Å². The van der Waals surface area contributed by atoms with E-state index in [0.717, 1.165) is 23.7 Å². The molecule has 0 aliphatic heterocycles. The van der Waals surface area contributed by atoms with Crippen LogP contribution in [0.15, 0.2) is 115 Å². The van der Waals surface area contributed by atoms with Crippen LogP contribution in [0, 0.1) is 29.1 Å². The van der Waals surface area contributed by atoms with Gasteiger partial charge in [0, 0.05) is 22.4 Å². The van der Waals surface area contributed by atoms with Crippen LogP contribution in [0.3, 0.4) is 0 Å². The van der Waals surface area contributed by atoms with Crippen LogP contribution >= 0.6 is 0 Å². The van der Waals surface area contributed by atoms with Gasteiger partial charge in [-0.15, -0.1) is 0 Å². The van der Waals surface area contributed by atoms with Crippen molar-refractivity contribution in [1.82, 2.24) is 0 Å². The predicted molar refractivity (Wildman–Crippen MR) is 203 cm³/mol. The van der Waals surface area contributed by atoms with Crippen LogP contribution in [-0.2, 0) is 16.2 Å². The zero-order valence-corrected chi connectivity index (χ0v) is 29.5. The van der Waals surface area contributed by atoms with Crippen LogP contribution in [0.2, 0.25) is 0 Å². The Kier molecular flexibility index (Phi) is 5.49. The van der Waals surface area contributed by atoms with Gasteiger partial charge in [-0.3, -0.25) is 0 Å². The van der Waals surface area contributed by atoms with Crippen molar-refractivity contribution in [3.05, 3.63) is 138 Å². The molecule has 1 heteroatoms. The predicted octanol–water partition coefficient (Wildman–Crippen LogP) is 12.5. The van der Waals surface area contributed by atoms with E-state index in [9.17, 15) is 0 Å². The monoisotopic (exact) mass is 637 g/mol. The Morgan fingerprint density at radius 3 is 2.02 bits per heavy atom. The van der Waals surface area contributed by atoms with Gasteiger partial charge in [-0.1, -0.05) is 113 Å². The second kappa shape index (κ2) is 9.36. The quantitative estimate of drug-likeness (QED) is 0.189. The summed E-state index contributed by atoms with van der Waals surface area (Å²) in [5, 5.41) is 0. The lowest BCUT2D eigenvalue weighted by atomic mass is 9.27. The molecule has 1 nitrogen and oxygen atoms in total. The highest BCUT2D eigenvalue weighted by Gasteiger charge is 2.84. The molecule has 0 radical (unpaired) electrons. The third kappa shape index (κ3) is 3.43. The molecule has 4 fully saturated rings. The van der Waals surface area contributed by atoms with Crippen molar-refractivity contribution in [2.24, 2.45) is 29.1 Å². The Bertz CT molecular complexity index is 2170. The smallest absolute Gasteiger partial charge is 0.0543 e. The normalized spacial score (nSPS) is 31.3. The summed E-state index contributed by atoms with van der Waals surface area (Å²) in [5.74, 6) is 3.60. The number of rotatable bonds is 4. The van der Waals surface area contributed by atoms with E-state index in [1.807, 2.05) is 0 Å². The molecule has 0 amide bonds. The molecule has 0 saturated heterocycles. The van der Waals surface area contributed by atoms with E-state index in [2.05, 4.69) is 148 Å². The van der Waals surface area contributed by atoms with Crippen molar-refractivity contribution in [2.75, 3.05) is 4.90 Å². The Balaban J connectivity index is 1.05. The molecule has 49 heavy (non-hydrogen) atoms. The highest BCUT2D eigenvalue weighted by molar-refractivity contribution is 5.96. The fourth-order valence-electron chi connectivity index (χ4n) is 13.1. The molecule has 244 valence electrons. The van der Waals surface area contributed by atoms with Crippen LogP contribution in [0.4, 0.5) is 17.1 Å². The molecule has 2 bridgehead atoms. The Morgan fingerprint density at radius 1 is 0.551 bits per heavy atom. The van der Waals surface area contributed by atoms with Crippen molar-refractivity contribution < 1.29 is 0 Å². The fraction of sp³-hybridized carbons (Fsp3) is 0.375. The summed E-state index contributed by atoms with van der Waals surface area (Å²) >= 11 is 0. The second-order valence-corrected chi connectivity index (χ2v) is 18.1. The lowest BCUT2D eigenvalue weighted by Crippen LogP contribution is -2.73. The third-order valence-corrected chi connectivity index (χ3v) is 15.2. The van der Waals surface area contributed by atoms with Crippen molar-refractivity contribution >= 4 is 17.1 Å². The van der Waals surface area contributed by atoms with E-state index in [0.29, 0.717) is 5.41 Å². The van der Waals surface area contributed by atoms with Crippen molar-refractivity contribution in [2.45, 2.75) is 82.5 Å².